The third-order valence-electron chi connectivity index (χ3n) is 5.17. The quantitative estimate of drug-likeness (QED) is 0.916. The van der Waals surface area contributed by atoms with Gasteiger partial charge in [-0.3, -0.25) is 0 Å². The van der Waals surface area contributed by atoms with Crippen LogP contribution in [0.1, 0.15) is 12.8 Å². The zero-order valence-electron chi connectivity index (χ0n) is 13.8. The molecule has 4 nitrogen and oxygen atoms in total. The number of benzene rings is 2. The normalized spacial score (nSPS) is 22.9. The van der Waals surface area contributed by atoms with Gasteiger partial charge in [-0.1, -0.05) is 48.5 Å². The van der Waals surface area contributed by atoms with Gasteiger partial charge in [-0.05, 0) is 24.5 Å². The van der Waals surface area contributed by atoms with Crippen molar-refractivity contribution < 1.29 is 4.79 Å². The van der Waals surface area contributed by atoms with Gasteiger partial charge in [0, 0.05) is 37.8 Å². The van der Waals surface area contributed by atoms with Crippen molar-refractivity contribution in [2.24, 2.45) is 0 Å². The van der Waals surface area contributed by atoms with Crippen molar-refractivity contribution in [3.63, 3.8) is 0 Å². The van der Waals surface area contributed by atoms with Crippen molar-refractivity contribution in [3.8, 4) is 11.1 Å². The molecule has 24 heavy (non-hydrogen) atoms. The van der Waals surface area contributed by atoms with E-state index >= 15 is 0 Å². The molecule has 0 saturated carbocycles. The minimum absolute atomic E-state index is 0.0344. The van der Waals surface area contributed by atoms with Gasteiger partial charge in [-0.15, -0.1) is 0 Å². The van der Waals surface area contributed by atoms with E-state index in [0.29, 0.717) is 6.04 Å². The van der Waals surface area contributed by atoms with Gasteiger partial charge in [0.15, 0.2) is 0 Å². The summed E-state index contributed by atoms with van der Waals surface area (Å²) in [5.74, 6) is 0. The minimum atomic E-state index is 0.0344. The molecule has 5 rings (SSSR count). The number of fused-ring (bicyclic) bond motifs is 4. The zero-order valence-corrected chi connectivity index (χ0v) is 13.8. The number of rotatable bonds is 2. The van der Waals surface area contributed by atoms with Crippen molar-refractivity contribution >= 4 is 11.7 Å². The molecular formula is C20H23N3O. The highest BCUT2D eigenvalue weighted by Gasteiger charge is 2.32. The number of carbonyl (C=O) groups is 1. The Bertz CT molecular complexity index is 708. The summed E-state index contributed by atoms with van der Waals surface area (Å²) in [6.07, 6.45) is 2.18. The summed E-state index contributed by atoms with van der Waals surface area (Å²) in [5.41, 5.74) is 3.07. The molecule has 2 aromatic rings. The first-order valence-electron chi connectivity index (χ1n) is 8.76. The Balaban J connectivity index is 1.56. The number of piperidine rings is 1. The first-order chi connectivity index (χ1) is 11.8. The van der Waals surface area contributed by atoms with E-state index < -0.39 is 0 Å². The number of urea groups is 1. The fourth-order valence-corrected chi connectivity index (χ4v) is 3.80. The summed E-state index contributed by atoms with van der Waals surface area (Å²) >= 11 is 0. The fourth-order valence-electron chi connectivity index (χ4n) is 3.80. The van der Waals surface area contributed by atoms with Crippen LogP contribution in [0.3, 0.4) is 0 Å². The van der Waals surface area contributed by atoms with Crippen molar-refractivity contribution in [2.75, 3.05) is 31.5 Å². The van der Waals surface area contributed by atoms with E-state index in [4.69, 9.17) is 0 Å². The molecule has 0 atom stereocenters. The maximum atomic E-state index is 12.9. The van der Waals surface area contributed by atoms with Gasteiger partial charge in [0.1, 0.15) is 0 Å². The van der Waals surface area contributed by atoms with E-state index in [1.54, 1.807) is 0 Å². The van der Waals surface area contributed by atoms with Crippen LogP contribution in [0.4, 0.5) is 10.5 Å². The molecule has 0 radical (unpaired) electrons. The molecule has 3 aliphatic heterocycles. The summed E-state index contributed by atoms with van der Waals surface area (Å²) in [7, 11) is 0. The largest absolute Gasteiger partial charge is 0.322 e. The lowest BCUT2D eigenvalue weighted by molar-refractivity contribution is 0.182. The predicted molar refractivity (Wildman–Crippen MR) is 97.1 cm³/mol. The molecular weight excluding hydrogens is 298 g/mol. The number of nitrogens with one attached hydrogen (secondary N) is 1. The van der Waals surface area contributed by atoms with Gasteiger partial charge in [0.05, 0.1) is 5.69 Å². The van der Waals surface area contributed by atoms with Crippen LogP contribution in [-0.4, -0.2) is 48.1 Å². The summed E-state index contributed by atoms with van der Waals surface area (Å²) in [6, 6.07) is 18.7. The van der Waals surface area contributed by atoms with Crippen LogP contribution in [0.5, 0.6) is 0 Å². The summed E-state index contributed by atoms with van der Waals surface area (Å²) < 4.78 is 0. The summed E-state index contributed by atoms with van der Waals surface area (Å²) in [6.45, 7) is 4.05. The highest BCUT2D eigenvalue weighted by Crippen LogP contribution is 2.28. The molecule has 3 fully saturated rings. The van der Waals surface area contributed by atoms with Gasteiger partial charge in [-0.2, -0.15) is 0 Å². The third-order valence-corrected chi connectivity index (χ3v) is 5.17. The van der Waals surface area contributed by atoms with E-state index in [9.17, 15) is 4.79 Å². The van der Waals surface area contributed by atoms with Crippen LogP contribution in [-0.2, 0) is 0 Å². The molecule has 0 spiro atoms. The molecule has 2 amide bonds. The van der Waals surface area contributed by atoms with Crippen LogP contribution in [0.25, 0.3) is 11.1 Å². The molecule has 0 unspecified atom stereocenters. The first-order valence-corrected chi connectivity index (χ1v) is 8.76. The topological polar surface area (TPSA) is 35.6 Å². The number of nitrogens with zero attached hydrogens (tertiary/aromatic N) is 2. The molecule has 2 aromatic carbocycles. The van der Waals surface area contributed by atoms with E-state index in [0.717, 1.165) is 55.8 Å². The Morgan fingerprint density at radius 1 is 0.875 bits per heavy atom. The SMILES string of the molecule is O=C(Nc1ccccc1-c1ccccc1)N1CCN2CCC1CC2. The monoisotopic (exact) mass is 321 g/mol. The van der Waals surface area contributed by atoms with Gasteiger partial charge >= 0.3 is 6.03 Å². The Morgan fingerprint density at radius 3 is 2.38 bits per heavy atom. The fraction of sp³-hybridized carbons (Fsp3) is 0.350. The van der Waals surface area contributed by atoms with Crippen LogP contribution in [0, 0.1) is 0 Å². The highest BCUT2D eigenvalue weighted by molar-refractivity contribution is 5.94. The van der Waals surface area contributed by atoms with Crippen LogP contribution >= 0.6 is 0 Å². The van der Waals surface area contributed by atoms with E-state index in [1.807, 2.05) is 41.3 Å². The Kier molecular flexibility index (Phi) is 4.22. The molecule has 2 bridgehead atoms. The molecule has 3 saturated heterocycles. The van der Waals surface area contributed by atoms with Crippen LogP contribution in [0.15, 0.2) is 54.6 Å². The molecule has 3 heterocycles. The molecule has 0 aliphatic carbocycles. The Hall–Kier alpha value is -2.33. The second kappa shape index (κ2) is 6.65. The lowest BCUT2D eigenvalue weighted by Crippen LogP contribution is -2.43. The molecule has 0 aromatic heterocycles. The summed E-state index contributed by atoms with van der Waals surface area (Å²) in [5, 5.41) is 3.16. The lowest BCUT2D eigenvalue weighted by atomic mass is 10.0. The predicted octanol–water partition coefficient (Wildman–Crippen LogP) is 3.67. The third kappa shape index (κ3) is 3.02. The van der Waals surface area contributed by atoms with Crippen molar-refractivity contribution in [1.29, 1.82) is 0 Å². The standard InChI is InChI=1S/C20H23N3O/c24-20(23-15-14-22-12-10-17(23)11-13-22)21-19-9-5-4-8-18(19)16-6-2-1-3-7-16/h1-9,17H,10-15H2,(H,21,24). The van der Waals surface area contributed by atoms with E-state index in [2.05, 4.69) is 28.4 Å². The molecule has 3 aliphatic rings. The number of hydrogen-bond donors (Lipinski definition) is 1. The molecule has 4 heteroatoms. The highest BCUT2D eigenvalue weighted by atomic mass is 16.2. The van der Waals surface area contributed by atoms with Gasteiger partial charge < -0.3 is 15.1 Å². The smallest absolute Gasteiger partial charge is 0.320 e. The number of para-hydroxylation sites is 1. The molecule has 1 N–H and O–H groups in total. The molecule has 124 valence electrons. The van der Waals surface area contributed by atoms with Crippen molar-refractivity contribution in [3.05, 3.63) is 54.6 Å². The first kappa shape index (κ1) is 15.2. The Morgan fingerprint density at radius 2 is 1.58 bits per heavy atom. The average Bonchev–Trinajstić information content (AvgIpc) is 2.97. The second-order valence-electron chi connectivity index (χ2n) is 6.61. The Labute approximate surface area is 143 Å². The van der Waals surface area contributed by atoms with Gasteiger partial charge in [0.2, 0.25) is 0 Å². The number of anilines is 1. The maximum absolute atomic E-state index is 12.9. The second-order valence-corrected chi connectivity index (χ2v) is 6.61. The maximum Gasteiger partial charge on any atom is 0.322 e. The van der Waals surface area contributed by atoms with Crippen molar-refractivity contribution in [1.82, 2.24) is 9.80 Å². The minimum Gasteiger partial charge on any atom is -0.320 e. The summed E-state index contributed by atoms with van der Waals surface area (Å²) in [4.78, 5) is 17.4. The average molecular weight is 321 g/mol. The van der Waals surface area contributed by atoms with Crippen LogP contribution in [0.2, 0.25) is 0 Å². The number of amides is 2. The zero-order chi connectivity index (χ0) is 16.4. The lowest BCUT2D eigenvalue weighted by Gasteiger charge is -2.31. The van der Waals surface area contributed by atoms with E-state index in [-0.39, 0.29) is 6.03 Å². The number of carbonyl (C=O) groups excluding carboxylic acids is 1. The number of hydrogen-bond acceptors (Lipinski definition) is 2. The van der Waals surface area contributed by atoms with Crippen molar-refractivity contribution in [2.45, 2.75) is 18.9 Å². The van der Waals surface area contributed by atoms with Gasteiger partial charge in [-0.25, -0.2) is 4.79 Å². The van der Waals surface area contributed by atoms with Gasteiger partial charge in [0.25, 0.3) is 0 Å². The van der Waals surface area contributed by atoms with Crippen LogP contribution < -0.4 is 5.32 Å². The van der Waals surface area contributed by atoms with E-state index in [1.165, 1.54) is 0 Å².